The van der Waals surface area contributed by atoms with Crippen LogP contribution in [0.4, 0.5) is 8.78 Å². The van der Waals surface area contributed by atoms with E-state index in [1.165, 1.54) is 6.07 Å². The van der Waals surface area contributed by atoms with Gasteiger partial charge in [0.2, 0.25) is 0 Å². The number of alkyl halides is 2. The minimum atomic E-state index is -2.51. The van der Waals surface area contributed by atoms with E-state index in [9.17, 15) is 13.6 Å². The number of nitrogens with zero attached hydrogens (tertiary/aromatic N) is 1. The first-order valence-corrected chi connectivity index (χ1v) is 4.45. The van der Waals surface area contributed by atoms with Gasteiger partial charge in [-0.15, -0.1) is 0 Å². The Morgan fingerprint density at radius 3 is 2.69 bits per heavy atom. The largest absolute Gasteiger partial charge is 0.306 e. The van der Waals surface area contributed by atoms with E-state index in [1.54, 1.807) is 13.0 Å². The SMILES string of the molecule is Cc1c(Br)ccc(=O)n1CC(F)F. The third-order valence-corrected chi connectivity index (χ3v) is 2.55. The van der Waals surface area contributed by atoms with Gasteiger partial charge in [-0.05, 0) is 28.9 Å². The molecule has 0 fully saturated rings. The molecule has 0 bridgehead atoms. The highest BCUT2D eigenvalue weighted by Gasteiger charge is 2.09. The van der Waals surface area contributed by atoms with Crippen LogP contribution in [0.25, 0.3) is 0 Å². The zero-order valence-corrected chi connectivity index (χ0v) is 8.51. The second-order valence-electron chi connectivity index (χ2n) is 2.61. The van der Waals surface area contributed by atoms with Crippen LogP contribution in [0.3, 0.4) is 0 Å². The lowest BCUT2D eigenvalue weighted by molar-refractivity contribution is 0.124. The molecule has 0 saturated heterocycles. The molecule has 2 nitrogen and oxygen atoms in total. The van der Waals surface area contributed by atoms with Gasteiger partial charge in [0.05, 0.1) is 6.54 Å². The molecule has 0 amide bonds. The Bertz CT molecular complexity index is 362. The summed E-state index contributed by atoms with van der Waals surface area (Å²) in [5.74, 6) is 0. The summed E-state index contributed by atoms with van der Waals surface area (Å²) < 4.78 is 25.8. The standard InChI is InChI=1S/C8H8BrF2NO/c1-5-6(9)2-3-8(13)12(5)4-7(10)11/h2-3,7H,4H2,1H3. The molecular formula is C8H8BrF2NO. The fourth-order valence-electron chi connectivity index (χ4n) is 1.01. The molecule has 1 aromatic heterocycles. The van der Waals surface area contributed by atoms with E-state index in [1.807, 2.05) is 0 Å². The highest BCUT2D eigenvalue weighted by molar-refractivity contribution is 9.10. The summed E-state index contributed by atoms with van der Waals surface area (Å²) in [7, 11) is 0. The van der Waals surface area contributed by atoms with Crippen LogP contribution in [0, 0.1) is 6.92 Å². The van der Waals surface area contributed by atoms with Crippen LogP contribution in [0.5, 0.6) is 0 Å². The van der Waals surface area contributed by atoms with Crippen molar-refractivity contribution in [3.63, 3.8) is 0 Å². The molecule has 0 aliphatic heterocycles. The van der Waals surface area contributed by atoms with Gasteiger partial charge in [-0.25, -0.2) is 8.78 Å². The Kier molecular flexibility index (Phi) is 3.19. The van der Waals surface area contributed by atoms with Gasteiger partial charge in [0, 0.05) is 16.2 Å². The van der Waals surface area contributed by atoms with E-state index >= 15 is 0 Å². The Hall–Kier alpha value is -0.710. The van der Waals surface area contributed by atoms with Gasteiger partial charge in [0.1, 0.15) is 0 Å². The summed E-state index contributed by atoms with van der Waals surface area (Å²) in [6.45, 7) is 1.07. The molecule has 1 rings (SSSR count). The lowest BCUT2D eigenvalue weighted by Gasteiger charge is -2.09. The van der Waals surface area contributed by atoms with Crippen molar-refractivity contribution >= 4 is 15.9 Å². The van der Waals surface area contributed by atoms with Crippen LogP contribution in [0.1, 0.15) is 5.69 Å². The Balaban J connectivity index is 3.18. The van der Waals surface area contributed by atoms with E-state index in [0.717, 1.165) is 4.57 Å². The van der Waals surface area contributed by atoms with Gasteiger partial charge in [-0.2, -0.15) is 0 Å². The smallest absolute Gasteiger partial charge is 0.256 e. The molecule has 0 radical (unpaired) electrons. The predicted octanol–water partition coefficient (Wildman–Crippen LogP) is 2.18. The quantitative estimate of drug-likeness (QED) is 0.790. The minimum Gasteiger partial charge on any atom is -0.306 e. The lowest BCUT2D eigenvalue weighted by atomic mass is 10.3. The van der Waals surface area contributed by atoms with Crippen LogP contribution in [0.15, 0.2) is 21.4 Å². The molecule has 0 N–H and O–H groups in total. The van der Waals surface area contributed by atoms with Crippen LogP contribution >= 0.6 is 15.9 Å². The van der Waals surface area contributed by atoms with Crippen LogP contribution in [-0.4, -0.2) is 11.0 Å². The Morgan fingerprint density at radius 2 is 2.15 bits per heavy atom. The molecule has 0 aromatic carbocycles. The monoisotopic (exact) mass is 251 g/mol. The van der Waals surface area contributed by atoms with Gasteiger partial charge in [-0.1, -0.05) is 0 Å². The van der Waals surface area contributed by atoms with E-state index in [4.69, 9.17) is 0 Å². The highest BCUT2D eigenvalue weighted by atomic mass is 79.9. The average Bonchev–Trinajstić information content (AvgIpc) is 2.05. The Morgan fingerprint density at radius 1 is 1.54 bits per heavy atom. The second-order valence-corrected chi connectivity index (χ2v) is 3.46. The molecule has 0 saturated carbocycles. The van der Waals surface area contributed by atoms with Gasteiger partial charge in [0.15, 0.2) is 0 Å². The zero-order valence-electron chi connectivity index (χ0n) is 6.93. The first-order chi connectivity index (χ1) is 6.02. The third kappa shape index (κ3) is 2.37. The predicted molar refractivity (Wildman–Crippen MR) is 49.1 cm³/mol. The number of rotatable bonds is 2. The molecule has 0 unspecified atom stereocenters. The number of aromatic nitrogens is 1. The molecular weight excluding hydrogens is 244 g/mol. The van der Waals surface area contributed by atoms with E-state index in [2.05, 4.69) is 15.9 Å². The van der Waals surface area contributed by atoms with Gasteiger partial charge in [-0.3, -0.25) is 4.79 Å². The molecule has 5 heteroatoms. The highest BCUT2D eigenvalue weighted by Crippen LogP contribution is 2.13. The van der Waals surface area contributed by atoms with Crippen molar-refractivity contribution in [2.24, 2.45) is 0 Å². The van der Waals surface area contributed by atoms with E-state index in [0.29, 0.717) is 10.2 Å². The van der Waals surface area contributed by atoms with Crippen molar-refractivity contribution in [1.29, 1.82) is 0 Å². The maximum Gasteiger partial charge on any atom is 0.256 e. The van der Waals surface area contributed by atoms with Crippen molar-refractivity contribution in [3.05, 3.63) is 32.7 Å². The molecule has 13 heavy (non-hydrogen) atoms. The van der Waals surface area contributed by atoms with Crippen molar-refractivity contribution < 1.29 is 8.78 Å². The van der Waals surface area contributed by atoms with Crippen molar-refractivity contribution in [2.45, 2.75) is 19.9 Å². The molecule has 1 heterocycles. The molecule has 0 aliphatic carbocycles. The van der Waals surface area contributed by atoms with Crippen LogP contribution < -0.4 is 5.56 Å². The molecule has 1 aromatic rings. The van der Waals surface area contributed by atoms with Crippen molar-refractivity contribution in [2.75, 3.05) is 0 Å². The summed E-state index contributed by atoms with van der Waals surface area (Å²) in [5.41, 5.74) is 0.119. The summed E-state index contributed by atoms with van der Waals surface area (Å²) in [5, 5.41) is 0. The maximum atomic E-state index is 12.0. The molecule has 0 atom stereocenters. The van der Waals surface area contributed by atoms with E-state index < -0.39 is 18.5 Å². The average molecular weight is 252 g/mol. The number of hydrogen-bond donors (Lipinski definition) is 0. The number of hydrogen-bond acceptors (Lipinski definition) is 1. The Labute approximate surface area is 82.3 Å². The molecule has 0 spiro atoms. The molecule has 72 valence electrons. The lowest BCUT2D eigenvalue weighted by Crippen LogP contribution is -2.24. The number of pyridine rings is 1. The zero-order chi connectivity index (χ0) is 10.0. The summed E-state index contributed by atoms with van der Waals surface area (Å²) in [4.78, 5) is 11.1. The normalized spacial score (nSPS) is 10.8. The van der Waals surface area contributed by atoms with Gasteiger partial charge in [0.25, 0.3) is 12.0 Å². The van der Waals surface area contributed by atoms with Gasteiger partial charge >= 0.3 is 0 Å². The maximum absolute atomic E-state index is 12.0. The third-order valence-electron chi connectivity index (χ3n) is 1.71. The topological polar surface area (TPSA) is 22.0 Å². The van der Waals surface area contributed by atoms with E-state index in [-0.39, 0.29) is 0 Å². The first-order valence-electron chi connectivity index (χ1n) is 3.66. The second kappa shape index (κ2) is 4.00. The van der Waals surface area contributed by atoms with Crippen LogP contribution in [-0.2, 0) is 6.54 Å². The number of halogens is 3. The fourth-order valence-corrected chi connectivity index (χ4v) is 1.36. The fraction of sp³-hybridized carbons (Fsp3) is 0.375. The summed E-state index contributed by atoms with van der Waals surface area (Å²) in [6, 6.07) is 2.82. The minimum absolute atomic E-state index is 0.402. The van der Waals surface area contributed by atoms with Crippen molar-refractivity contribution in [1.82, 2.24) is 4.57 Å². The summed E-state index contributed by atoms with van der Waals surface area (Å²) in [6.07, 6.45) is -2.51. The molecule has 0 aliphatic rings. The van der Waals surface area contributed by atoms with Crippen molar-refractivity contribution in [3.8, 4) is 0 Å². The summed E-state index contributed by atoms with van der Waals surface area (Å²) >= 11 is 3.17. The van der Waals surface area contributed by atoms with Gasteiger partial charge < -0.3 is 4.57 Å². The first kappa shape index (κ1) is 10.4. The van der Waals surface area contributed by atoms with Crippen LogP contribution in [0.2, 0.25) is 0 Å².